The summed E-state index contributed by atoms with van der Waals surface area (Å²) < 4.78 is 48.6. The molecular weight excluding hydrogens is 324 g/mol. The fourth-order valence-electron chi connectivity index (χ4n) is 1.81. The van der Waals surface area contributed by atoms with Crippen LogP contribution in [-0.2, 0) is 19.7 Å². The van der Waals surface area contributed by atoms with Crippen molar-refractivity contribution in [2.75, 3.05) is 23.0 Å². The van der Waals surface area contributed by atoms with Gasteiger partial charge in [0.1, 0.15) is 0 Å². The van der Waals surface area contributed by atoms with E-state index in [2.05, 4.69) is 0 Å². The van der Waals surface area contributed by atoms with Gasteiger partial charge >= 0.3 is 0 Å². The highest BCUT2D eigenvalue weighted by Crippen LogP contribution is 2.17. The molecule has 0 amide bonds. The molecule has 0 spiro atoms. The molecule has 0 aromatic heterocycles. The van der Waals surface area contributed by atoms with E-state index in [1.165, 1.54) is 48.5 Å². The van der Waals surface area contributed by atoms with Crippen LogP contribution in [0.2, 0.25) is 0 Å². The second-order valence-electron chi connectivity index (χ2n) is 4.78. The molecule has 0 aliphatic rings. The minimum Gasteiger partial charge on any atom is -0.399 e. The fourth-order valence-corrected chi connectivity index (χ4v) is 5.13. The van der Waals surface area contributed by atoms with Crippen LogP contribution in [0.25, 0.3) is 0 Å². The standard InChI is InChI=1S/C14H16N2O4S2/c15-11-1-5-13(6-2-11)21(17,18)9-10-22(19,20)14-7-3-12(16)4-8-14/h1-8H,9-10,15-16H2. The second kappa shape index (κ2) is 5.98. The molecule has 6 nitrogen and oxygen atoms in total. The molecule has 0 fully saturated rings. The monoisotopic (exact) mass is 340 g/mol. The number of anilines is 2. The summed E-state index contributed by atoms with van der Waals surface area (Å²) >= 11 is 0. The van der Waals surface area contributed by atoms with Gasteiger partial charge in [0.2, 0.25) is 0 Å². The lowest BCUT2D eigenvalue weighted by molar-refractivity contribution is 0.587. The predicted molar refractivity (Wildman–Crippen MR) is 85.8 cm³/mol. The van der Waals surface area contributed by atoms with E-state index >= 15 is 0 Å². The molecular formula is C14H16N2O4S2. The zero-order valence-corrected chi connectivity index (χ0v) is 13.3. The summed E-state index contributed by atoms with van der Waals surface area (Å²) in [5.74, 6) is -0.993. The molecule has 0 saturated carbocycles. The summed E-state index contributed by atoms with van der Waals surface area (Å²) in [5.41, 5.74) is 11.9. The molecule has 118 valence electrons. The molecule has 4 N–H and O–H groups in total. The lowest BCUT2D eigenvalue weighted by atomic mass is 10.3. The summed E-state index contributed by atoms with van der Waals surface area (Å²) in [5, 5.41) is 0. The number of sulfone groups is 2. The van der Waals surface area contributed by atoms with Crippen LogP contribution in [0.1, 0.15) is 0 Å². The number of hydrogen-bond donors (Lipinski definition) is 2. The van der Waals surface area contributed by atoms with Gasteiger partial charge < -0.3 is 11.5 Å². The van der Waals surface area contributed by atoms with Gasteiger partial charge in [-0.2, -0.15) is 0 Å². The molecule has 2 rings (SSSR count). The van der Waals surface area contributed by atoms with E-state index in [1.807, 2.05) is 0 Å². The molecule has 0 bridgehead atoms. The minimum absolute atomic E-state index is 0.0502. The smallest absolute Gasteiger partial charge is 0.179 e. The van der Waals surface area contributed by atoms with Crippen molar-refractivity contribution < 1.29 is 16.8 Å². The van der Waals surface area contributed by atoms with Crippen molar-refractivity contribution in [2.24, 2.45) is 0 Å². The van der Waals surface area contributed by atoms with Crippen LogP contribution in [0.5, 0.6) is 0 Å². The molecule has 0 atom stereocenters. The maximum absolute atomic E-state index is 12.2. The summed E-state index contributed by atoms with van der Waals surface area (Å²) in [6.45, 7) is 0. The van der Waals surface area contributed by atoms with Crippen molar-refractivity contribution in [2.45, 2.75) is 9.79 Å². The van der Waals surface area contributed by atoms with Crippen LogP contribution in [0.4, 0.5) is 11.4 Å². The second-order valence-corrected chi connectivity index (χ2v) is 8.99. The first-order valence-corrected chi connectivity index (χ1v) is 9.68. The van der Waals surface area contributed by atoms with E-state index in [-0.39, 0.29) is 9.79 Å². The number of hydrogen-bond acceptors (Lipinski definition) is 6. The van der Waals surface area contributed by atoms with Crippen LogP contribution < -0.4 is 11.5 Å². The number of nitrogen functional groups attached to an aromatic ring is 2. The molecule has 2 aromatic carbocycles. The molecule has 0 radical (unpaired) electrons. The van der Waals surface area contributed by atoms with Gasteiger partial charge in [0.25, 0.3) is 0 Å². The van der Waals surface area contributed by atoms with Crippen molar-refractivity contribution in [3.8, 4) is 0 Å². The van der Waals surface area contributed by atoms with Crippen LogP contribution >= 0.6 is 0 Å². The Hall–Kier alpha value is -2.06. The fraction of sp³-hybridized carbons (Fsp3) is 0.143. The maximum atomic E-state index is 12.2. The van der Waals surface area contributed by atoms with E-state index in [9.17, 15) is 16.8 Å². The van der Waals surface area contributed by atoms with Crippen LogP contribution in [0, 0.1) is 0 Å². The van der Waals surface area contributed by atoms with Gasteiger partial charge in [-0.15, -0.1) is 0 Å². The van der Waals surface area contributed by atoms with Gasteiger partial charge in [-0.25, -0.2) is 16.8 Å². The van der Waals surface area contributed by atoms with Crippen LogP contribution in [0.3, 0.4) is 0 Å². The first-order chi connectivity index (χ1) is 10.2. The van der Waals surface area contributed by atoms with E-state index in [4.69, 9.17) is 11.5 Å². The molecule has 0 aliphatic carbocycles. The lowest BCUT2D eigenvalue weighted by Crippen LogP contribution is -2.17. The molecule has 2 aromatic rings. The summed E-state index contributed by atoms with van der Waals surface area (Å²) in [4.78, 5) is 0.100. The Morgan fingerprint density at radius 2 is 0.864 bits per heavy atom. The Morgan fingerprint density at radius 1 is 0.591 bits per heavy atom. The van der Waals surface area contributed by atoms with Crippen molar-refractivity contribution in [3.63, 3.8) is 0 Å². The minimum atomic E-state index is -3.69. The molecule has 0 aliphatic heterocycles. The van der Waals surface area contributed by atoms with E-state index in [1.54, 1.807) is 0 Å². The Balaban J connectivity index is 2.17. The molecule has 0 heterocycles. The first kappa shape index (κ1) is 16.3. The summed E-state index contributed by atoms with van der Waals surface area (Å²) in [6.07, 6.45) is 0. The van der Waals surface area contributed by atoms with E-state index in [0.29, 0.717) is 11.4 Å². The Morgan fingerprint density at radius 3 is 1.14 bits per heavy atom. The van der Waals surface area contributed by atoms with Gasteiger partial charge in [0.05, 0.1) is 21.3 Å². The highest BCUT2D eigenvalue weighted by Gasteiger charge is 2.21. The summed E-state index contributed by atoms with van der Waals surface area (Å²) in [6, 6.07) is 11.3. The molecule has 22 heavy (non-hydrogen) atoms. The SMILES string of the molecule is Nc1ccc(S(=O)(=O)CCS(=O)(=O)c2ccc(N)cc2)cc1. The van der Waals surface area contributed by atoms with Gasteiger partial charge in [0.15, 0.2) is 19.7 Å². The number of benzene rings is 2. The largest absolute Gasteiger partial charge is 0.399 e. The third kappa shape index (κ3) is 3.77. The highest BCUT2D eigenvalue weighted by atomic mass is 32.2. The Bertz CT molecular complexity index is 781. The van der Waals surface area contributed by atoms with Crippen molar-refractivity contribution >= 4 is 31.0 Å². The Kier molecular flexibility index (Phi) is 4.43. The quantitative estimate of drug-likeness (QED) is 0.786. The average molecular weight is 340 g/mol. The normalized spacial score (nSPS) is 12.2. The van der Waals surface area contributed by atoms with Crippen molar-refractivity contribution in [1.29, 1.82) is 0 Å². The highest BCUT2D eigenvalue weighted by molar-refractivity contribution is 7.95. The average Bonchev–Trinajstić information content (AvgIpc) is 2.46. The number of rotatable bonds is 5. The predicted octanol–water partition coefficient (Wildman–Crippen LogP) is 1.10. The van der Waals surface area contributed by atoms with Gasteiger partial charge in [0, 0.05) is 11.4 Å². The van der Waals surface area contributed by atoms with Crippen LogP contribution in [0.15, 0.2) is 58.3 Å². The van der Waals surface area contributed by atoms with E-state index in [0.717, 1.165) is 0 Å². The third-order valence-corrected chi connectivity index (χ3v) is 6.82. The summed E-state index contributed by atoms with van der Waals surface area (Å²) in [7, 11) is -7.37. The zero-order valence-electron chi connectivity index (χ0n) is 11.6. The molecule has 0 saturated heterocycles. The topological polar surface area (TPSA) is 120 Å². The third-order valence-electron chi connectivity index (χ3n) is 3.10. The zero-order chi connectivity index (χ0) is 16.4. The lowest BCUT2D eigenvalue weighted by Gasteiger charge is -2.07. The van der Waals surface area contributed by atoms with Crippen molar-refractivity contribution in [1.82, 2.24) is 0 Å². The molecule has 8 heteroatoms. The van der Waals surface area contributed by atoms with Gasteiger partial charge in [-0.3, -0.25) is 0 Å². The van der Waals surface area contributed by atoms with Crippen molar-refractivity contribution in [3.05, 3.63) is 48.5 Å². The van der Waals surface area contributed by atoms with Gasteiger partial charge in [-0.1, -0.05) is 0 Å². The maximum Gasteiger partial charge on any atom is 0.179 e. The van der Waals surface area contributed by atoms with E-state index < -0.39 is 31.2 Å². The molecule has 0 unspecified atom stereocenters. The first-order valence-electron chi connectivity index (χ1n) is 6.37. The van der Waals surface area contributed by atoms with Crippen LogP contribution in [-0.4, -0.2) is 28.3 Å². The number of nitrogens with two attached hydrogens (primary N) is 2. The Labute approximate surface area is 129 Å². The van der Waals surface area contributed by atoms with Gasteiger partial charge in [-0.05, 0) is 48.5 Å².